The molecule has 0 aliphatic carbocycles. The van der Waals surface area contributed by atoms with Crippen molar-refractivity contribution in [3.63, 3.8) is 0 Å². The minimum Gasteiger partial charge on any atom is -0.384 e. The van der Waals surface area contributed by atoms with Crippen molar-refractivity contribution in [3.05, 3.63) is 41.5 Å². The predicted molar refractivity (Wildman–Crippen MR) is 81.8 cm³/mol. The Balaban J connectivity index is 1.99. The molecule has 0 saturated carbocycles. The zero-order valence-electron chi connectivity index (χ0n) is 11.9. The largest absolute Gasteiger partial charge is 0.416 e. The Bertz CT molecular complexity index is 846. The van der Waals surface area contributed by atoms with E-state index >= 15 is 0 Å². The molecule has 0 bridgehead atoms. The van der Waals surface area contributed by atoms with Crippen LogP contribution >= 0.6 is 11.8 Å². The normalized spacial score (nSPS) is 13.4. The van der Waals surface area contributed by atoms with Crippen LogP contribution in [0.5, 0.6) is 0 Å². The Morgan fingerprint density at radius 2 is 1.96 bits per heavy atom. The number of nitrogens with one attached hydrogen (secondary N) is 1. The zero-order valence-corrected chi connectivity index (χ0v) is 12.7. The van der Waals surface area contributed by atoms with Crippen molar-refractivity contribution >= 4 is 28.7 Å². The van der Waals surface area contributed by atoms with Gasteiger partial charge in [-0.15, -0.1) is 16.9 Å². The first-order valence-corrected chi connectivity index (χ1v) is 7.54. The highest BCUT2D eigenvalue weighted by Crippen LogP contribution is 2.42. The summed E-state index contributed by atoms with van der Waals surface area (Å²) in [5.41, 5.74) is 6.10. The van der Waals surface area contributed by atoms with E-state index in [0.717, 1.165) is 6.07 Å². The van der Waals surface area contributed by atoms with E-state index in [1.54, 1.807) is 19.1 Å². The second-order valence-electron chi connectivity index (χ2n) is 4.89. The van der Waals surface area contributed by atoms with Gasteiger partial charge in [0, 0.05) is 10.1 Å². The fraction of sp³-hybridized carbons (Fsp3) is 0.214. The molecule has 0 radical (unpaired) electrons. The molecule has 0 aliphatic heterocycles. The third-order valence-electron chi connectivity index (χ3n) is 3.28. The van der Waals surface area contributed by atoms with Crippen molar-refractivity contribution in [2.75, 3.05) is 5.73 Å². The zero-order chi connectivity index (χ0) is 16.6. The second kappa shape index (κ2) is 5.73. The molecule has 0 fully saturated rings. The number of thioether (sulfide) groups is 1. The molecule has 3 aromatic rings. The number of hydrogen-bond acceptors (Lipinski definition) is 5. The quantitative estimate of drug-likeness (QED) is 0.709. The highest BCUT2D eigenvalue weighted by Gasteiger charge is 2.34. The van der Waals surface area contributed by atoms with Crippen LogP contribution < -0.4 is 5.73 Å². The standard InChI is InChI=1S/C14H12F3N5S/c1-7(8-4-2-3-5-9(8)14(15,16)17)23-10-6-11(18)19-13-12(10)20-22-21-13/h2-7H,1H3,(H3,18,19,20,21,22). The number of H-pyrrole nitrogens is 1. The maximum atomic E-state index is 13.1. The van der Waals surface area contributed by atoms with E-state index in [1.165, 1.54) is 23.9 Å². The lowest BCUT2D eigenvalue weighted by Crippen LogP contribution is -2.09. The van der Waals surface area contributed by atoms with Gasteiger partial charge in [0.1, 0.15) is 11.3 Å². The molecule has 1 unspecified atom stereocenters. The molecule has 0 amide bonds. The van der Waals surface area contributed by atoms with Gasteiger partial charge in [-0.3, -0.25) is 0 Å². The first-order valence-electron chi connectivity index (χ1n) is 6.66. The Morgan fingerprint density at radius 1 is 1.22 bits per heavy atom. The average Bonchev–Trinajstić information content (AvgIpc) is 2.94. The van der Waals surface area contributed by atoms with Crippen LogP contribution in [0.25, 0.3) is 11.2 Å². The smallest absolute Gasteiger partial charge is 0.384 e. The predicted octanol–water partition coefficient (Wildman–Crippen LogP) is 3.81. The van der Waals surface area contributed by atoms with Crippen LogP contribution in [0.2, 0.25) is 0 Å². The summed E-state index contributed by atoms with van der Waals surface area (Å²) in [5, 5.41) is 9.83. The van der Waals surface area contributed by atoms with Gasteiger partial charge in [0.05, 0.1) is 5.56 Å². The van der Waals surface area contributed by atoms with Crippen molar-refractivity contribution in [1.82, 2.24) is 20.4 Å². The Morgan fingerprint density at radius 3 is 2.70 bits per heavy atom. The van der Waals surface area contributed by atoms with Crippen LogP contribution in [0, 0.1) is 0 Å². The molecule has 120 valence electrons. The fourth-order valence-electron chi connectivity index (χ4n) is 2.28. The average molecular weight is 339 g/mol. The van der Waals surface area contributed by atoms with Crippen LogP contribution in [0.15, 0.2) is 35.2 Å². The minimum absolute atomic E-state index is 0.206. The number of nitrogens with zero attached hydrogens (tertiary/aromatic N) is 3. The molecule has 2 aromatic heterocycles. The first kappa shape index (κ1) is 15.6. The maximum Gasteiger partial charge on any atom is 0.416 e. The number of fused-ring (bicyclic) bond motifs is 1. The highest BCUT2D eigenvalue weighted by atomic mass is 32.2. The van der Waals surface area contributed by atoms with Crippen molar-refractivity contribution in [2.24, 2.45) is 0 Å². The molecule has 5 nitrogen and oxygen atoms in total. The van der Waals surface area contributed by atoms with Crippen LogP contribution in [0.1, 0.15) is 23.3 Å². The van der Waals surface area contributed by atoms with E-state index in [9.17, 15) is 13.2 Å². The molecule has 23 heavy (non-hydrogen) atoms. The van der Waals surface area contributed by atoms with Crippen molar-refractivity contribution in [2.45, 2.75) is 23.2 Å². The number of hydrogen-bond donors (Lipinski definition) is 2. The van der Waals surface area contributed by atoms with Gasteiger partial charge in [0.2, 0.25) is 5.65 Å². The van der Waals surface area contributed by atoms with Gasteiger partial charge in [-0.05, 0) is 24.6 Å². The van der Waals surface area contributed by atoms with E-state index in [-0.39, 0.29) is 11.4 Å². The molecule has 0 aliphatic rings. The lowest BCUT2D eigenvalue weighted by molar-refractivity contribution is -0.138. The van der Waals surface area contributed by atoms with E-state index in [1.807, 2.05) is 0 Å². The number of rotatable bonds is 3. The summed E-state index contributed by atoms with van der Waals surface area (Å²) in [5.74, 6) is 0.241. The molecular formula is C14H12F3N5S. The van der Waals surface area contributed by atoms with Crippen molar-refractivity contribution < 1.29 is 13.2 Å². The molecule has 9 heteroatoms. The van der Waals surface area contributed by atoms with E-state index in [0.29, 0.717) is 16.1 Å². The summed E-state index contributed by atoms with van der Waals surface area (Å²) in [6.45, 7) is 1.71. The highest BCUT2D eigenvalue weighted by molar-refractivity contribution is 7.99. The van der Waals surface area contributed by atoms with Gasteiger partial charge in [-0.25, -0.2) is 4.98 Å². The van der Waals surface area contributed by atoms with Crippen LogP contribution in [0.4, 0.5) is 19.0 Å². The number of aromatic amines is 1. The summed E-state index contributed by atoms with van der Waals surface area (Å²) in [6, 6.07) is 7.12. The Labute approximate surface area is 133 Å². The Hall–Kier alpha value is -2.29. The van der Waals surface area contributed by atoms with Gasteiger partial charge < -0.3 is 5.73 Å². The summed E-state index contributed by atoms with van der Waals surface area (Å²) < 4.78 is 39.4. The molecular weight excluding hydrogens is 327 g/mol. The third-order valence-corrected chi connectivity index (χ3v) is 4.46. The summed E-state index contributed by atoms with van der Waals surface area (Å²) in [4.78, 5) is 4.64. The summed E-state index contributed by atoms with van der Waals surface area (Å²) >= 11 is 1.23. The number of aromatic nitrogens is 4. The molecule has 1 aromatic carbocycles. The summed E-state index contributed by atoms with van der Waals surface area (Å²) in [6.07, 6.45) is -4.40. The van der Waals surface area contributed by atoms with Gasteiger partial charge in [-0.1, -0.05) is 18.2 Å². The third kappa shape index (κ3) is 3.09. The van der Waals surface area contributed by atoms with Crippen LogP contribution in [0.3, 0.4) is 0 Å². The van der Waals surface area contributed by atoms with Gasteiger partial charge >= 0.3 is 6.18 Å². The number of benzene rings is 1. The molecule has 2 heterocycles. The lowest BCUT2D eigenvalue weighted by Gasteiger charge is -2.18. The number of nitrogens with two attached hydrogens (primary N) is 1. The SMILES string of the molecule is CC(Sc1cc(N)nc2n[nH]nc12)c1ccccc1C(F)(F)F. The number of halogens is 3. The van der Waals surface area contributed by atoms with Crippen molar-refractivity contribution in [3.8, 4) is 0 Å². The number of alkyl halides is 3. The Kier molecular flexibility index (Phi) is 3.88. The van der Waals surface area contributed by atoms with Crippen LogP contribution in [-0.4, -0.2) is 20.4 Å². The van der Waals surface area contributed by atoms with E-state index in [4.69, 9.17) is 5.73 Å². The monoisotopic (exact) mass is 339 g/mol. The molecule has 0 saturated heterocycles. The van der Waals surface area contributed by atoms with E-state index < -0.39 is 17.0 Å². The second-order valence-corrected chi connectivity index (χ2v) is 6.27. The maximum absolute atomic E-state index is 13.1. The number of anilines is 1. The topological polar surface area (TPSA) is 80.5 Å². The van der Waals surface area contributed by atoms with Gasteiger partial charge in [0.15, 0.2) is 0 Å². The molecule has 0 spiro atoms. The van der Waals surface area contributed by atoms with Gasteiger partial charge in [0.25, 0.3) is 0 Å². The lowest BCUT2D eigenvalue weighted by atomic mass is 10.0. The van der Waals surface area contributed by atoms with Crippen LogP contribution in [-0.2, 0) is 6.18 Å². The summed E-state index contributed by atoms with van der Waals surface area (Å²) in [7, 11) is 0. The number of nitrogen functional groups attached to an aromatic ring is 1. The van der Waals surface area contributed by atoms with Gasteiger partial charge in [-0.2, -0.15) is 23.5 Å². The minimum atomic E-state index is -4.40. The molecule has 1 atom stereocenters. The molecule has 3 rings (SSSR count). The first-order chi connectivity index (χ1) is 10.9. The van der Waals surface area contributed by atoms with Crippen molar-refractivity contribution in [1.29, 1.82) is 0 Å². The molecule has 3 N–H and O–H groups in total. The number of pyridine rings is 1. The van der Waals surface area contributed by atoms with E-state index in [2.05, 4.69) is 20.4 Å². The fourth-order valence-corrected chi connectivity index (χ4v) is 3.43.